The predicted molar refractivity (Wildman–Crippen MR) is 75.7 cm³/mol. The first-order valence-corrected chi connectivity index (χ1v) is 6.67. The summed E-state index contributed by atoms with van der Waals surface area (Å²) in [5, 5.41) is 0. The van der Waals surface area contributed by atoms with Crippen LogP contribution in [0.25, 0.3) is 0 Å². The Labute approximate surface area is 114 Å². The lowest BCUT2D eigenvalue weighted by molar-refractivity contribution is -0.124. The Bertz CT molecular complexity index is 565. The molecule has 2 aromatic rings. The van der Waals surface area contributed by atoms with Gasteiger partial charge in [0.1, 0.15) is 0 Å². The van der Waals surface area contributed by atoms with Gasteiger partial charge in [-0.3, -0.25) is 4.79 Å². The summed E-state index contributed by atoms with van der Waals surface area (Å²) in [6.45, 7) is 0.768. The van der Waals surface area contributed by atoms with Crippen LogP contribution in [0.4, 0.5) is 5.69 Å². The second kappa shape index (κ2) is 4.58. The fourth-order valence-corrected chi connectivity index (χ4v) is 2.48. The van der Waals surface area contributed by atoms with Gasteiger partial charge in [0.05, 0.1) is 5.92 Å². The molecule has 1 unspecified atom stereocenters. The Balaban J connectivity index is 1.77. The fraction of sp³-hybridized carbons (Fsp3) is 0.133. The molecule has 0 radical (unpaired) electrons. The number of rotatable bonds is 2. The van der Waals surface area contributed by atoms with E-state index in [0.717, 1.165) is 22.3 Å². The number of nitrogens with zero attached hydrogens (tertiary/aromatic N) is 1. The Kier molecular flexibility index (Phi) is 2.92. The number of hydrogen-bond donors (Lipinski definition) is 0. The predicted octanol–water partition coefficient (Wildman–Crippen LogP) is 3.58. The van der Waals surface area contributed by atoms with E-state index in [0.29, 0.717) is 0 Å². The zero-order valence-corrected chi connectivity index (χ0v) is 11.3. The number of amides is 1. The van der Waals surface area contributed by atoms with Crippen LogP contribution < -0.4 is 4.90 Å². The third kappa shape index (κ3) is 1.95. The highest BCUT2D eigenvalue weighted by Crippen LogP contribution is 2.33. The van der Waals surface area contributed by atoms with Crippen molar-refractivity contribution in [2.45, 2.75) is 5.92 Å². The summed E-state index contributed by atoms with van der Waals surface area (Å²) in [5.74, 6) is 0.207. The molecule has 3 heteroatoms. The van der Waals surface area contributed by atoms with E-state index in [1.165, 1.54) is 0 Å². The van der Waals surface area contributed by atoms with Gasteiger partial charge < -0.3 is 4.90 Å². The first-order chi connectivity index (χ1) is 8.75. The van der Waals surface area contributed by atoms with E-state index in [1.54, 1.807) is 0 Å². The molecular formula is C15H12BrNO. The van der Waals surface area contributed by atoms with E-state index in [4.69, 9.17) is 0 Å². The highest BCUT2D eigenvalue weighted by atomic mass is 79.9. The van der Waals surface area contributed by atoms with Crippen molar-refractivity contribution < 1.29 is 4.79 Å². The molecule has 0 N–H and O–H groups in total. The van der Waals surface area contributed by atoms with E-state index >= 15 is 0 Å². The molecule has 1 aliphatic heterocycles. The van der Waals surface area contributed by atoms with Crippen LogP contribution in [0, 0.1) is 0 Å². The van der Waals surface area contributed by atoms with E-state index in [-0.39, 0.29) is 11.8 Å². The van der Waals surface area contributed by atoms with Gasteiger partial charge in [-0.2, -0.15) is 0 Å². The average molecular weight is 302 g/mol. The quantitative estimate of drug-likeness (QED) is 0.777. The molecule has 1 saturated heterocycles. The van der Waals surface area contributed by atoms with Crippen molar-refractivity contribution in [3.63, 3.8) is 0 Å². The molecule has 1 atom stereocenters. The van der Waals surface area contributed by atoms with Crippen LogP contribution in [0.2, 0.25) is 0 Å². The highest BCUT2D eigenvalue weighted by Gasteiger charge is 2.38. The molecule has 1 aliphatic rings. The van der Waals surface area contributed by atoms with Gasteiger partial charge in [-0.25, -0.2) is 0 Å². The molecule has 0 spiro atoms. The molecule has 0 bridgehead atoms. The second-order valence-electron chi connectivity index (χ2n) is 4.39. The monoisotopic (exact) mass is 301 g/mol. The molecule has 3 rings (SSSR count). The molecule has 0 saturated carbocycles. The third-order valence-electron chi connectivity index (χ3n) is 3.27. The maximum atomic E-state index is 12.2. The summed E-state index contributed by atoms with van der Waals surface area (Å²) in [4.78, 5) is 14.0. The summed E-state index contributed by atoms with van der Waals surface area (Å²) in [6.07, 6.45) is 0. The van der Waals surface area contributed by atoms with Crippen LogP contribution >= 0.6 is 15.9 Å². The van der Waals surface area contributed by atoms with Crippen LogP contribution in [-0.4, -0.2) is 12.5 Å². The number of halogens is 1. The van der Waals surface area contributed by atoms with Crippen molar-refractivity contribution in [2.24, 2.45) is 0 Å². The Hall–Kier alpha value is -1.61. The third-order valence-corrected chi connectivity index (χ3v) is 3.80. The zero-order chi connectivity index (χ0) is 12.5. The molecule has 0 aliphatic carbocycles. The summed E-state index contributed by atoms with van der Waals surface area (Å²) in [5.41, 5.74) is 2.08. The molecular weight excluding hydrogens is 290 g/mol. The SMILES string of the molecule is O=C1C(c2ccccc2)CN1c1ccc(Br)cc1. The lowest BCUT2D eigenvalue weighted by Gasteiger charge is -2.38. The van der Waals surface area contributed by atoms with Gasteiger partial charge in [0, 0.05) is 16.7 Å². The van der Waals surface area contributed by atoms with Gasteiger partial charge in [-0.15, -0.1) is 0 Å². The first kappa shape index (κ1) is 11.5. The fourth-order valence-electron chi connectivity index (χ4n) is 2.21. The maximum Gasteiger partial charge on any atom is 0.236 e. The van der Waals surface area contributed by atoms with E-state index in [2.05, 4.69) is 15.9 Å². The molecule has 2 nitrogen and oxygen atoms in total. The summed E-state index contributed by atoms with van der Waals surface area (Å²) >= 11 is 3.39. The lowest BCUT2D eigenvalue weighted by Crippen LogP contribution is -2.50. The van der Waals surface area contributed by atoms with Gasteiger partial charge in [0.25, 0.3) is 0 Å². The van der Waals surface area contributed by atoms with Crippen LogP contribution in [0.15, 0.2) is 59.1 Å². The van der Waals surface area contributed by atoms with Gasteiger partial charge in [-0.05, 0) is 29.8 Å². The summed E-state index contributed by atoms with van der Waals surface area (Å²) in [6, 6.07) is 17.8. The number of anilines is 1. The molecule has 0 aromatic heterocycles. The molecule has 1 heterocycles. The largest absolute Gasteiger partial charge is 0.311 e. The van der Waals surface area contributed by atoms with Gasteiger partial charge in [-0.1, -0.05) is 46.3 Å². The standard InChI is InChI=1S/C15H12BrNO/c16-12-6-8-13(9-7-12)17-10-14(15(17)18)11-4-2-1-3-5-11/h1-9,14H,10H2. The van der Waals surface area contributed by atoms with Crippen LogP contribution in [0.1, 0.15) is 11.5 Å². The minimum Gasteiger partial charge on any atom is -0.311 e. The molecule has 1 fully saturated rings. The van der Waals surface area contributed by atoms with E-state index in [9.17, 15) is 4.79 Å². The van der Waals surface area contributed by atoms with Gasteiger partial charge >= 0.3 is 0 Å². The highest BCUT2D eigenvalue weighted by molar-refractivity contribution is 9.10. The Morgan fingerprint density at radius 1 is 1.00 bits per heavy atom. The number of β-lactam (4-membered cyclic amide) rings is 1. The zero-order valence-electron chi connectivity index (χ0n) is 9.71. The number of benzene rings is 2. The number of carbonyl (C=O) groups is 1. The average Bonchev–Trinajstić information content (AvgIpc) is 2.41. The van der Waals surface area contributed by atoms with Crippen LogP contribution in [0.5, 0.6) is 0 Å². The minimum absolute atomic E-state index is 0.0230. The van der Waals surface area contributed by atoms with E-state index in [1.807, 2.05) is 59.5 Å². The molecule has 2 aromatic carbocycles. The van der Waals surface area contributed by atoms with Crippen molar-refractivity contribution >= 4 is 27.5 Å². The number of hydrogen-bond acceptors (Lipinski definition) is 1. The molecule has 90 valence electrons. The maximum absolute atomic E-state index is 12.2. The van der Waals surface area contributed by atoms with Crippen LogP contribution in [-0.2, 0) is 4.79 Å². The normalized spacial score (nSPS) is 18.6. The van der Waals surface area contributed by atoms with Crippen molar-refractivity contribution in [1.82, 2.24) is 0 Å². The smallest absolute Gasteiger partial charge is 0.236 e. The van der Waals surface area contributed by atoms with Crippen molar-refractivity contribution in [2.75, 3.05) is 11.4 Å². The summed E-state index contributed by atoms with van der Waals surface area (Å²) < 4.78 is 1.03. The first-order valence-electron chi connectivity index (χ1n) is 5.87. The Morgan fingerprint density at radius 2 is 1.67 bits per heavy atom. The molecule has 18 heavy (non-hydrogen) atoms. The van der Waals surface area contributed by atoms with Crippen molar-refractivity contribution in [1.29, 1.82) is 0 Å². The topological polar surface area (TPSA) is 20.3 Å². The van der Waals surface area contributed by atoms with Crippen molar-refractivity contribution in [3.8, 4) is 0 Å². The van der Waals surface area contributed by atoms with E-state index < -0.39 is 0 Å². The van der Waals surface area contributed by atoms with Crippen molar-refractivity contribution in [3.05, 3.63) is 64.6 Å². The van der Waals surface area contributed by atoms with Gasteiger partial charge in [0.2, 0.25) is 5.91 Å². The second-order valence-corrected chi connectivity index (χ2v) is 5.30. The lowest BCUT2D eigenvalue weighted by atomic mass is 9.90. The van der Waals surface area contributed by atoms with Gasteiger partial charge in [0.15, 0.2) is 0 Å². The van der Waals surface area contributed by atoms with Crippen LogP contribution in [0.3, 0.4) is 0 Å². The Morgan fingerprint density at radius 3 is 2.28 bits per heavy atom. The minimum atomic E-state index is 0.0230. The number of carbonyl (C=O) groups excluding carboxylic acids is 1. The summed E-state index contributed by atoms with van der Waals surface area (Å²) in [7, 11) is 0. The molecule has 1 amide bonds.